The summed E-state index contributed by atoms with van der Waals surface area (Å²) in [7, 11) is -2.74. The maximum Gasteiger partial charge on any atom is 0.0896 e. The molecule has 1 nitrogen and oxygen atoms in total. The maximum atomic E-state index is 13.0. The lowest BCUT2D eigenvalue weighted by Crippen LogP contribution is -2.27. The Labute approximate surface area is 131 Å². The van der Waals surface area contributed by atoms with Crippen molar-refractivity contribution in [2.45, 2.75) is 31.5 Å². The monoisotopic (exact) mass is 314 g/mol. The Kier molecular flexibility index (Phi) is 4.96. The summed E-state index contributed by atoms with van der Waals surface area (Å²) in [6, 6.07) is 18.2. The van der Waals surface area contributed by atoms with Gasteiger partial charge in [-0.05, 0) is 30.7 Å². The minimum absolute atomic E-state index is 0.894. The first-order valence-corrected chi connectivity index (χ1v) is 11.8. The third-order valence-electron chi connectivity index (χ3n) is 3.27. The lowest BCUT2D eigenvalue weighted by atomic mass is 10.2. The van der Waals surface area contributed by atoms with Crippen molar-refractivity contribution in [1.29, 1.82) is 0 Å². The molecule has 0 bridgehead atoms. The largest absolute Gasteiger partial charge is 0.250 e. The maximum absolute atomic E-state index is 13.0. The van der Waals surface area contributed by atoms with Crippen LogP contribution in [0.1, 0.15) is 11.1 Å². The molecule has 0 aliphatic carbocycles. The number of benzene rings is 2. The SMILES string of the molecule is Cc1ccc(S(=O)/C(=C/c2ccccc2)[Si](C)(C)C)cc1. The smallest absolute Gasteiger partial charge is 0.0896 e. The van der Waals surface area contributed by atoms with Crippen LogP contribution in [0.4, 0.5) is 0 Å². The van der Waals surface area contributed by atoms with Gasteiger partial charge in [0.25, 0.3) is 0 Å². The van der Waals surface area contributed by atoms with E-state index >= 15 is 0 Å². The summed E-state index contributed by atoms with van der Waals surface area (Å²) >= 11 is 0. The number of aryl methyl sites for hydroxylation is 1. The Morgan fingerprint density at radius 2 is 1.52 bits per heavy atom. The van der Waals surface area contributed by atoms with Gasteiger partial charge in [-0.2, -0.15) is 0 Å². The molecule has 0 heterocycles. The van der Waals surface area contributed by atoms with Crippen LogP contribution in [0.25, 0.3) is 6.08 Å². The third-order valence-corrected chi connectivity index (χ3v) is 8.51. The molecule has 110 valence electrons. The van der Waals surface area contributed by atoms with Crippen molar-refractivity contribution in [3.63, 3.8) is 0 Å². The van der Waals surface area contributed by atoms with E-state index in [1.54, 1.807) is 0 Å². The zero-order chi connectivity index (χ0) is 15.5. The van der Waals surface area contributed by atoms with Gasteiger partial charge in [0.2, 0.25) is 0 Å². The van der Waals surface area contributed by atoms with Gasteiger partial charge < -0.3 is 0 Å². The van der Waals surface area contributed by atoms with Crippen LogP contribution in [-0.2, 0) is 10.8 Å². The summed E-state index contributed by atoms with van der Waals surface area (Å²) in [5.41, 5.74) is 2.31. The van der Waals surface area contributed by atoms with E-state index in [1.807, 2.05) is 49.4 Å². The summed E-state index contributed by atoms with van der Waals surface area (Å²) in [4.78, 5) is 0.894. The Hall–Kier alpha value is -1.45. The van der Waals surface area contributed by atoms with Crippen molar-refractivity contribution in [2.24, 2.45) is 0 Å². The zero-order valence-corrected chi connectivity index (χ0v) is 14.9. The first kappa shape index (κ1) is 15.9. The molecule has 1 atom stereocenters. The number of hydrogen-bond acceptors (Lipinski definition) is 1. The molecular formula is C18H22OSSi. The average Bonchev–Trinajstić information content (AvgIpc) is 2.45. The van der Waals surface area contributed by atoms with Crippen LogP contribution >= 0.6 is 0 Å². The molecule has 3 heteroatoms. The molecule has 0 saturated heterocycles. The Morgan fingerprint density at radius 3 is 2.05 bits per heavy atom. The van der Waals surface area contributed by atoms with Crippen LogP contribution in [0.2, 0.25) is 19.6 Å². The molecule has 2 aromatic carbocycles. The summed E-state index contributed by atoms with van der Waals surface area (Å²) in [6.45, 7) is 8.78. The van der Waals surface area contributed by atoms with E-state index in [-0.39, 0.29) is 0 Å². The molecule has 0 aliphatic rings. The summed E-state index contributed by atoms with van der Waals surface area (Å²) in [6.07, 6.45) is 2.11. The fourth-order valence-electron chi connectivity index (χ4n) is 2.04. The normalized spacial score (nSPS) is 14.0. The zero-order valence-electron chi connectivity index (χ0n) is 13.1. The van der Waals surface area contributed by atoms with Gasteiger partial charge in [0, 0.05) is 9.42 Å². The van der Waals surface area contributed by atoms with Crippen LogP contribution in [0, 0.1) is 6.92 Å². The molecule has 0 aliphatic heterocycles. The molecular weight excluding hydrogens is 292 g/mol. The predicted molar refractivity (Wildman–Crippen MR) is 95.4 cm³/mol. The van der Waals surface area contributed by atoms with Crippen molar-refractivity contribution >= 4 is 24.9 Å². The second kappa shape index (κ2) is 6.54. The summed E-state index contributed by atoms with van der Waals surface area (Å²) < 4.78 is 14.1. The highest BCUT2D eigenvalue weighted by Crippen LogP contribution is 2.26. The van der Waals surface area contributed by atoms with Crippen molar-refractivity contribution in [3.8, 4) is 0 Å². The van der Waals surface area contributed by atoms with Gasteiger partial charge in [0.05, 0.1) is 18.9 Å². The Bertz CT molecular complexity index is 652. The van der Waals surface area contributed by atoms with Crippen molar-refractivity contribution < 1.29 is 4.21 Å². The van der Waals surface area contributed by atoms with Gasteiger partial charge in [0.15, 0.2) is 0 Å². The van der Waals surface area contributed by atoms with Crippen molar-refractivity contribution in [3.05, 3.63) is 70.3 Å². The Morgan fingerprint density at radius 1 is 0.952 bits per heavy atom. The van der Waals surface area contributed by atoms with Gasteiger partial charge in [0.1, 0.15) is 0 Å². The second-order valence-corrected chi connectivity index (χ2v) is 13.1. The third kappa shape index (κ3) is 4.25. The van der Waals surface area contributed by atoms with Gasteiger partial charge in [-0.15, -0.1) is 0 Å². The van der Waals surface area contributed by atoms with E-state index in [0.29, 0.717) is 0 Å². The van der Waals surface area contributed by atoms with Crippen LogP contribution in [-0.4, -0.2) is 12.3 Å². The minimum Gasteiger partial charge on any atom is -0.250 e. The lowest BCUT2D eigenvalue weighted by Gasteiger charge is -2.20. The fraction of sp³-hybridized carbons (Fsp3) is 0.222. The van der Waals surface area contributed by atoms with Crippen LogP contribution < -0.4 is 0 Å². The topological polar surface area (TPSA) is 17.1 Å². The number of hydrogen-bond donors (Lipinski definition) is 0. The van der Waals surface area contributed by atoms with E-state index in [1.165, 1.54) is 5.56 Å². The quantitative estimate of drug-likeness (QED) is 0.724. The van der Waals surface area contributed by atoms with E-state index in [9.17, 15) is 4.21 Å². The summed E-state index contributed by atoms with van der Waals surface area (Å²) in [5.74, 6) is 0. The standard InChI is InChI=1S/C18H22OSSi/c1-15-10-12-17(13-11-15)20(19)18(21(2,3)4)14-16-8-6-5-7-9-16/h5-14H,1-4H3/b18-14-. The molecule has 1 unspecified atom stereocenters. The average molecular weight is 315 g/mol. The van der Waals surface area contributed by atoms with Gasteiger partial charge >= 0.3 is 0 Å². The molecule has 0 aromatic heterocycles. The first-order valence-electron chi connectivity index (χ1n) is 7.13. The molecule has 0 spiro atoms. The highest BCUT2D eigenvalue weighted by Gasteiger charge is 2.25. The molecule has 0 saturated carbocycles. The Balaban J connectivity index is 2.44. The molecule has 0 N–H and O–H groups in total. The molecule has 0 fully saturated rings. The highest BCUT2D eigenvalue weighted by molar-refractivity contribution is 7.92. The number of rotatable bonds is 4. The van der Waals surface area contributed by atoms with Crippen LogP contribution in [0.5, 0.6) is 0 Å². The summed E-state index contributed by atoms with van der Waals surface area (Å²) in [5, 5.41) is 0. The molecule has 0 radical (unpaired) electrons. The van der Waals surface area contributed by atoms with Crippen molar-refractivity contribution in [2.75, 3.05) is 0 Å². The molecule has 21 heavy (non-hydrogen) atoms. The first-order chi connectivity index (χ1) is 9.88. The van der Waals surface area contributed by atoms with Gasteiger partial charge in [-0.1, -0.05) is 67.7 Å². The van der Waals surface area contributed by atoms with E-state index in [2.05, 4.69) is 37.8 Å². The fourth-order valence-corrected chi connectivity index (χ4v) is 6.10. The minimum atomic E-state index is -1.67. The highest BCUT2D eigenvalue weighted by atomic mass is 32.2. The van der Waals surface area contributed by atoms with Crippen molar-refractivity contribution in [1.82, 2.24) is 0 Å². The van der Waals surface area contributed by atoms with E-state index in [0.717, 1.165) is 15.0 Å². The lowest BCUT2D eigenvalue weighted by molar-refractivity contribution is 0.688. The molecule has 2 rings (SSSR count). The molecule has 0 amide bonds. The predicted octanol–water partition coefficient (Wildman–Crippen LogP) is 5.02. The van der Waals surface area contributed by atoms with Gasteiger partial charge in [-0.25, -0.2) is 4.21 Å². The van der Waals surface area contributed by atoms with E-state index < -0.39 is 18.9 Å². The van der Waals surface area contributed by atoms with Gasteiger partial charge in [-0.3, -0.25) is 0 Å². The second-order valence-electron chi connectivity index (χ2n) is 6.25. The van der Waals surface area contributed by atoms with Crippen LogP contribution in [0.15, 0.2) is 64.0 Å². The van der Waals surface area contributed by atoms with Crippen LogP contribution in [0.3, 0.4) is 0 Å². The van der Waals surface area contributed by atoms with E-state index in [4.69, 9.17) is 0 Å². The molecule has 2 aromatic rings.